The summed E-state index contributed by atoms with van der Waals surface area (Å²) in [5.41, 5.74) is 5.37. The van der Waals surface area contributed by atoms with Gasteiger partial charge in [0.15, 0.2) is 11.5 Å². The SMILES string of the molecule is NC(=O)[C@@H](O)Cc1ccc(O)c(O)c1. The molecule has 0 fully saturated rings. The fourth-order valence-electron chi connectivity index (χ4n) is 1.02. The smallest absolute Gasteiger partial charge is 0.246 e. The van der Waals surface area contributed by atoms with Gasteiger partial charge in [0.05, 0.1) is 0 Å². The van der Waals surface area contributed by atoms with E-state index in [9.17, 15) is 4.79 Å². The molecule has 1 aromatic carbocycles. The highest BCUT2D eigenvalue weighted by Crippen LogP contribution is 2.25. The fraction of sp³-hybridized carbons (Fsp3) is 0.222. The number of phenolic OH excluding ortho intramolecular Hbond substituents is 2. The molecule has 0 aromatic heterocycles. The molecule has 0 radical (unpaired) electrons. The predicted octanol–water partition coefficient (Wildman–Crippen LogP) is -0.514. The van der Waals surface area contributed by atoms with Gasteiger partial charge in [0.1, 0.15) is 6.10 Å². The van der Waals surface area contributed by atoms with Crippen LogP contribution < -0.4 is 5.73 Å². The van der Waals surface area contributed by atoms with Crippen LogP contribution in [0.2, 0.25) is 0 Å². The molecule has 0 bridgehead atoms. The van der Waals surface area contributed by atoms with Gasteiger partial charge < -0.3 is 21.1 Å². The Morgan fingerprint density at radius 3 is 2.50 bits per heavy atom. The summed E-state index contributed by atoms with van der Waals surface area (Å²) in [5, 5.41) is 27.2. The molecule has 0 saturated heterocycles. The molecule has 0 aliphatic carbocycles. The predicted molar refractivity (Wildman–Crippen MR) is 48.7 cm³/mol. The number of aliphatic hydroxyl groups is 1. The average molecular weight is 197 g/mol. The minimum absolute atomic E-state index is 0.0170. The Labute approximate surface area is 80.4 Å². The molecular formula is C9H11NO4. The van der Waals surface area contributed by atoms with Gasteiger partial charge in [0.2, 0.25) is 5.91 Å². The van der Waals surface area contributed by atoms with E-state index in [1.54, 1.807) is 0 Å². The van der Waals surface area contributed by atoms with Crippen molar-refractivity contribution in [2.75, 3.05) is 0 Å². The summed E-state index contributed by atoms with van der Waals surface area (Å²) in [6.07, 6.45) is -1.26. The maximum atomic E-state index is 10.5. The minimum Gasteiger partial charge on any atom is -0.504 e. The number of phenols is 2. The zero-order valence-electron chi connectivity index (χ0n) is 7.34. The summed E-state index contributed by atoms with van der Waals surface area (Å²) in [6, 6.07) is 4.03. The number of hydrogen-bond acceptors (Lipinski definition) is 4. The first-order chi connectivity index (χ1) is 6.50. The summed E-state index contributed by atoms with van der Waals surface area (Å²) in [6.45, 7) is 0. The van der Waals surface area contributed by atoms with Crippen LogP contribution in [0.3, 0.4) is 0 Å². The largest absolute Gasteiger partial charge is 0.504 e. The van der Waals surface area contributed by atoms with Crippen molar-refractivity contribution in [3.05, 3.63) is 23.8 Å². The van der Waals surface area contributed by atoms with E-state index in [0.717, 1.165) is 0 Å². The van der Waals surface area contributed by atoms with Crippen LogP contribution >= 0.6 is 0 Å². The van der Waals surface area contributed by atoms with Gasteiger partial charge in [-0.1, -0.05) is 6.07 Å². The number of primary amides is 1. The Kier molecular flexibility index (Phi) is 2.93. The van der Waals surface area contributed by atoms with Gasteiger partial charge in [-0.15, -0.1) is 0 Å². The van der Waals surface area contributed by atoms with Gasteiger partial charge in [-0.3, -0.25) is 4.79 Å². The van der Waals surface area contributed by atoms with Crippen molar-refractivity contribution < 1.29 is 20.1 Å². The Morgan fingerprint density at radius 1 is 1.36 bits per heavy atom. The number of carbonyl (C=O) groups is 1. The molecule has 76 valence electrons. The summed E-state index contributed by atoms with van der Waals surface area (Å²) < 4.78 is 0. The molecule has 0 aliphatic heterocycles. The molecule has 5 N–H and O–H groups in total. The lowest BCUT2D eigenvalue weighted by molar-refractivity contribution is -0.125. The third-order valence-electron chi connectivity index (χ3n) is 1.80. The van der Waals surface area contributed by atoms with Crippen LogP contribution in [0.1, 0.15) is 5.56 Å². The van der Waals surface area contributed by atoms with E-state index in [2.05, 4.69) is 0 Å². The molecule has 0 unspecified atom stereocenters. The quantitative estimate of drug-likeness (QED) is 0.490. The number of hydrogen-bond donors (Lipinski definition) is 4. The molecule has 14 heavy (non-hydrogen) atoms. The van der Waals surface area contributed by atoms with Crippen molar-refractivity contribution in [1.82, 2.24) is 0 Å². The number of nitrogens with two attached hydrogens (primary N) is 1. The molecule has 0 saturated carbocycles. The third-order valence-corrected chi connectivity index (χ3v) is 1.80. The summed E-state index contributed by atoms with van der Waals surface area (Å²) in [5.74, 6) is -1.36. The number of amides is 1. The van der Waals surface area contributed by atoms with E-state index in [1.165, 1.54) is 18.2 Å². The van der Waals surface area contributed by atoms with Gasteiger partial charge in [-0.2, -0.15) is 0 Å². The molecule has 0 spiro atoms. The zero-order valence-corrected chi connectivity index (χ0v) is 7.34. The van der Waals surface area contributed by atoms with Crippen LogP contribution in [-0.4, -0.2) is 27.3 Å². The van der Waals surface area contributed by atoms with E-state index in [0.29, 0.717) is 5.56 Å². The lowest BCUT2D eigenvalue weighted by atomic mass is 10.1. The van der Waals surface area contributed by atoms with Gasteiger partial charge in [-0.05, 0) is 17.7 Å². The van der Waals surface area contributed by atoms with E-state index in [1.807, 2.05) is 0 Å². The first-order valence-electron chi connectivity index (χ1n) is 3.99. The van der Waals surface area contributed by atoms with E-state index in [4.69, 9.17) is 21.1 Å². The van der Waals surface area contributed by atoms with Crippen molar-refractivity contribution in [3.63, 3.8) is 0 Å². The molecule has 1 amide bonds. The number of aliphatic hydroxyl groups excluding tert-OH is 1. The number of benzene rings is 1. The van der Waals surface area contributed by atoms with Crippen LogP contribution in [0.15, 0.2) is 18.2 Å². The highest BCUT2D eigenvalue weighted by Gasteiger charge is 2.12. The molecule has 5 nitrogen and oxygen atoms in total. The van der Waals surface area contributed by atoms with E-state index >= 15 is 0 Å². The molecular weight excluding hydrogens is 186 g/mol. The summed E-state index contributed by atoms with van der Waals surface area (Å²) in [7, 11) is 0. The molecule has 5 heteroatoms. The van der Waals surface area contributed by atoms with Crippen molar-refractivity contribution in [1.29, 1.82) is 0 Å². The maximum absolute atomic E-state index is 10.5. The lowest BCUT2D eigenvalue weighted by Gasteiger charge is -2.07. The normalized spacial score (nSPS) is 12.4. The van der Waals surface area contributed by atoms with Crippen LogP contribution in [-0.2, 0) is 11.2 Å². The van der Waals surface area contributed by atoms with Crippen molar-refractivity contribution in [3.8, 4) is 11.5 Å². The van der Waals surface area contributed by atoms with E-state index in [-0.39, 0.29) is 17.9 Å². The average Bonchev–Trinajstić information content (AvgIpc) is 2.11. The second-order valence-electron chi connectivity index (χ2n) is 2.95. The number of carbonyl (C=O) groups excluding carboxylic acids is 1. The topological polar surface area (TPSA) is 104 Å². The monoisotopic (exact) mass is 197 g/mol. The van der Waals surface area contributed by atoms with Gasteiger partial charge >= 0.3 is 0 Å². The van der Waals surface area contributed by atoms with Crippen LogP contribution in [0.5, 0.6) is 11.5 Å². The minimum atomic E-state index is -1.28. The third kappa shape index (κ3) is 2.37. The summed E-state index contributed by atoms with van der Waals surface area (Å²) >= 11 is 0. The molecule has 1 aromatic rings. The molecule has 0 aliphatic rings. The lowest BCUT2D eigenvalue weighted by Crippen LogP contribution is -2.29. The summed E-state index contributed by atoms with van der Waals surface area (Å²) in [4.78, 5) is 10.5. The Balaban J connectivity index is 2.78. The highest BCUT2D eigenvalue weighted by molar-refractivity contribution is 5.78. The first-order valence-corrected chi connectivity index (χ1v) is 3.99. The highest BCUT2D eigenvalue weighted by atomic mass is 16.3. The van der Waals surface area contributed by atoms with Gasteiger partial charge in [-0.25, -0.2) is 0 Å². The Hall–Kier alpha value is -1.75. The second-order valence-corrected chi connectivity index (χ2v) is 2.95. The van der Waals surface area contributed by atoms with Crippen molar-refractivity contribution >= 4 is 5.91 Å². The van der Waals surface area contributed by atoms with Gasteiger partial charge in [0, 0.05) is 6.42 Å². The standard InChI is InChI=1S/C9H11NO4/c10-9(14)8(13)4-5-1-2-6(11)7(12)3-5/h1-3,8,11-13H,4H2,(H2,10,14)/t8-/m0/s1. The van der Waals surface area contributed by atoms with Crippen molar-refractivity contribution in [2.45, 2.75) is 12.5 Å². The van der Waals surface area contributed by atoms with Gasteiger partial charge in [0.25, 0.3) is 0 Å². The number of aromatic hydroxyl groups is 2. The fourth-order valence-corrected chi connectivity index (χ4v) is 1.02. The van der Waals surface area contributed by atoms with Crippen LogP contribution in [0.25, 0.3) is 0 Å². The Morgan fingerprint density at radius 2 is 2.00 bits per heavy atom. The second kappa shape index (κ2) is 3.97. The van der Waals surface area contributed by atoms with Crippen molar-refractivity contribution in [2.24, 2.45) is 5.73 Å². The van der Waals surface area contributed by atoms with Crippen LogP contribution in [0.4, 0.5) is 0 Å². The molecule has 1 atom stereocenters. The van der Waals surface area contributed by atoms with E-state index < -0.39 is 12.0 Å². The first kappa shape index (κ1) is 10.3. The Bertz CT molecular complexity index is 351. The number of rotatable bonds is 3. The maximum Gasteiger partial charge on any atom is 0.246 e. The molecule has 1 rings (SSSR count). The molecule has 0 heterocycles. The zero-order chi connectivity index (χ0) is 10.7. The van der Waals surface area contributed by atoms with Crippen LogP contribution in [0, 0.1) is 0 Å².